The fourth-order valence-electron chi connectivity index (χ4n) is 1.62. The van der Waals surface area contributed by atoms with E-state index in [1.807, 2.05) is 0 Å². The molecule has 2 aromatic rings. The highest BCUT2D eigenvalue weighted by Gasteiger charge is 2.11. The Kier molecular flexibility index (Phi) is 6.07. The standard InChI is InChI=1S/C16H15FN2O5/c1-22-15(20)3-2-8-18-16(21)13-9-24-14(19-13)10-23-12-6-4-11(17)5-7-12/h2-7,9H,8,10H2,1H3,(H,18,21)/b3-2+. The van der Waals surface area contributed by atoms with Gasteiger partial charge in [0.25, 0.3) is 5.91 Å². The van der Waals surface area contributed by atoms with Crippen LogP contribution in [0.2, 0.25) is 0 Å². The Bertz CT molecular complexity index is 724. The predicted molar refractivity (Wildman–Crippen MR) is 80.7 cm³/mol. The van der Waals surface area contributed by atoms with Crippen LogP contribution in [0.25, 0.3) is 0 Å². The van der Waals surface area contributed by atoms with Crippen LogP contribution in [0.4, 0.5) is 4.39 Å². The number of hydrogen-bond acceptors (Lipinski definition) is 6. The molecule has 0 radical (unpaired) electrons. The van der Waals surface area contributed by atoms with Gasteiger partial charge < -0.3 is 19.2 Å². The monoisotopic (exact) mass is 334 g/mol. The van der Waals surface area contributed by atoms with Crippen LogP contribution in [0.1, 0.15) is 16.4 Å². The Balaban J connectivity index is 1.81. The van der Waals surface area contributed by atoms with Crippen molar-refractivity contribution in [3.8, 4) is 5.75 Å². The molecule has 0 fully saturated rings. The summed E-state index contributed by atoms with van der Waals surface area (Å²) in [5.41, 5.74) is 0.0826. The number of nitrogens with zero attached hydrogens (tertiary/aromatic N) is 1. The molecule has 0 aliphatic carbocycles. The second kappa shape index (κ2) is 8.47. The molecule has 1 heterocycles. The van der Waals surface area contributed by atoms with Crippen molar-refractivity contribution in [1.29, 1.82) is 0 Å². The van der Waals surface area contributed by atoms with E-state index < -0.39 is 11.9 Å². The number of carbonyl (C=O) groups excluding carboxylic acids is 2. The van der Waals surface area contributed by atoms with Crippen LogP contribution in [-0.4, -0.2) is 30.5 Å². The lowest BCUT2D eigenvalue weighted by Gasteiger charge is -2.02. The van der Waals surface area contributed by atoms with Crippen molar-refractivity contribution in [2.45, 2.75) is 6.61 Å². The van der Waals surface area contributed by atoms with Gasteiger partial charge in [-0.15, -0.1) is 0 Å². The number of benzene rings is 1. The van der Waals surface area contributed by atoms with Gasteiger partial charge in [0.1, 0.15) is 17.8 Å². The average Bonchev–Trinajstić information content (AvgIpc) is 3.07. The normalized spacial score (nSPS) is 10.6. The first-order valence-corrected chi connectivity index (χ1v) is 6.94. The maximum atomic E-state index is 12.8. The smallest absolute Gasteiger partial charge is 0.330 e. The molecule has 0 aliphatic heterocycles. The molecule has 0 saturated carbocycles. The number of halogens is 1. The lowest BCUT2D eigenvalue weighted by Crippen LogP contribution is -2.23. The van der Waals surface area contributed by atoms with Crippen molar-refractivity contribution in [2.24, 2.45) is 0 Å². The second-order valence-electron chi connectivity index (χ2n) is 4.50. The third kappa shape index (κ3) is 5.24. The molecular weight excluding hydrogens is 319 g/mol. The Hall–Kier alpha value is -3.16. The van der Waals surface area contributed by atoms with Gasteiger partial charge in [0, 0.05) is 12.6 Å². The maximum absolute atomic E-state index is 12.8. The van der Waals surface area contributed by atoms with E-state index in [-0.39, 0.29) is 30.6 Å². The zero-order chi connectivity index (χ0) is 17.4. The van der Waals surface area contributed by atoms with Crippen LogP contribution < -0.4 is 10.1 Å². The van der Waals surface area contributed by atoms with E-state index in [1.54, 1.807) is 0 Å². The molecule has 126 valence electrons. The Morgan fingerprint density at radius 3 is 2.79 bits per heavy atom. The first-order valence-electron chi connectivity index (χ1n) is 6.94. The summed E-state index contributed by atoms with van der Waals surface area (Å²) < 4.78 is 27.7. The topological polar surface area (TPSA) is 90.7 Å². The van der Waals surface area contributed by atoms with Crippen LogP contribution >= 0.6 is 0 Å². The lowest BCUT2D eigenvalue weighted by molar-refractivity contribution is -0.134. The van der Waals surface area contributed by atoms with Crippen molar-refractivity contribution in [2.75, 3.05) is 13.7 Å². The van der Waals surface area contributed by atoms with Gasteiger partial charge in [-0.05, 0) is 24.3 Å². The summed E-state index contributed by atoms with van der Waals surface area (Å²) in [5.74, 6) is -0.672. The third-order valence-corrected chi connectivity index (χ3v) is 2.80. The summed E-state index contributed by atoms with van der Waals surface area (Å²) in [4.78, 5) is 26.7. The number of nitrogens with one attached hydrogen (secondary N) is 1. The molecular formula is C16H15FN2O5. The summed E-state index contributed by atoms with van der Waals surface area (Å²) >= 11 is 0. The fourth-order valence-corrected chi connectivity index (χ4v) is 1.62. The van der Waals surface area contributed by atoms with E-state index in [4.69, 9.17) is 9.15 Å². The van der Waals surface area contributed by atoms with Crippen molar-refractivity contribution < 1.29 is 27.9 Å². The molecule has 2 rings (SSSR count). The Morgan fingerprint density at radius 2 is 2.08 bits per heavy atom. The van der Waals surface area contributed by atoms with Gasteiger partial charge in [-0.25, -0.2) is 14.2 Å². The van der Waals surface area contributed by atoms with Gasteiger partial charge in [-0.3, -0.25) is 4.79 Å². The average molecular weight is 334 g/mol. The van der Waals surface area contributed by atoms with Crippen LogP contribution in [0.5, 0.6) is 5.75 Å². The zero-order valence-electron chi connectivity index (χ0n) is 12.8. The quantitative estimate of drug-likeness (QED) is 0.614. The van der Waals surface area contributed by atoms with Gasteiger partial charge in [0.05, 0.1) is 7.11 Å². The van der Waals surface area contributed by atoms with Gasteiger partial charge in [0.2, 0.25) is 5.89 Å². The van der Waals surface area contributed by atoms with E-state index in [0.29, 0.717) is 5.75 Å². The second-order valence-corrected chi connectivity index (χ2v) is 4.50. The number of methoxy groups -OCH3 is 1. The fraction of sp³-hybridized carbons (Fsp3) is 0.188. The Morgan fingerprint density at radius 1 is 1.33 bits per heavy atom. The number of esters is 1. The van der Waals surface area contributed by atoms with Crippen LogP contribution in [0.3, 0.4) is 0 Å². The van der Waals surface area contributed by atoms with Gasteiger partial charge in [0.15, 0.2) is 12.3 Å². The minimum Gasteiger partial charge on any atom is -0.484 e. The van der Waals surface area contributed by atoms with Gasteiger partial charge in [-0.2, -0.15) is 0 Å². The number of oxazole rings is 1. The number of amides is 1. The first kappa shape index (κ1) is 17.2. The molecule has 0 bridgehead atoms. The molecule has 1 aromatic heterocycles. The summed E-state index contributed by atoms with van der Waals surface area (Å²) in [6, 6.07) is 5.48. The first-order chi connectivity index (χ1) is 11.6. The highest BCUT2D eigenvalue weighted by atomic mass is 19.1. The van der Waals surface area contributed by atoms with E-state index in [0.717, 1.165) is 0 Å². The minimum atomic E-state index is -0.508. The molecule has 1 aromatic carbocycles. The van der Waals surface area contributed by atoms with E-state index >= 15 is 0 Å². The molecule has 0 atom stereocenters. The van der Waals surface area contributed by atoms with E-state index in [9.17, 15) is 14.0 Å². The molecule has 24 heavy (non-hydrogen) atoms. The van der Waals surface area contributed by atoms with Crippen molar-refractivity contribution >= 4 is 11.9 Å². The van der Waals surface area contributed by atoms with E-state index in [2.05, 4.69) is 15.0 Å². The summed E-state index contributed by atoms with van der Waals surface area (Å²) in [6.07, 6.45) is 3.84. The van der Waals surface area contributed by atoms with Gasteiger partial charge >= 0.3 is 5.97 Å². The third-order valence-electron chi connectivity index (χ3n) is 2.80. The molecule has 0 spiro atoms. The lowest BCUT2D eigenvalue weighted by atomic mass is 10.3. The molecule has 0 unspecified atom stereocenters. The van der Waals surface area contributed by atoms with Crippen molar-refractivity contribution in [3.63, 3.8) is 0 Å². The number of aromatic nitrogens is 1. The van der Waals surface area contributed by atoms with Crippen molar-refractivity contribution in [3.05, 3.63) is 60.1 Å². The van der Waals surface area contributed by atoms with Crippen molar-refractivity contribution in [1.82, 2.24) is 10.3 Å². The van der Waals surface area contributed by atoms with E-state index in [1.165, 1.54) is 49.8 Å². The summed E-state index contributed by atoms with van der Waals surface area (Å²) in [5, 5.41) is 2.53. The zero-order valence-corrected chi connectivity index (χ0v) is 12.8. The highest BCUT2D eigenvalue weighted by molar-refractivity contribution is 5.92. The number of carbonyl (C=O) groups is 2. The number of ether oxygens (including phenoxy) is 2. The molecule has 1 N–H and O–H groups in total. The van der Waals surface area contributed by atoms with Crippen LogP contribution in [-0.2, 0) is 16.1 Å². The largest absolute Gasteiger partial charge is 0.484 e. The maximum Gasteiger partial charge on any atom is 0.330 e. The summed E-state index contributed by atoms with van der Waals surface area (Å²) in [7, 11) is 1.26. The van der Waals surface area contributed by atoms with Crippen LogP contribution in [0, 0.1) is 5.82 Å². The molecule has 1 amide bonds. The molecule has 7 nitrogen and oxygen atoms in total. The molecule has 0 saturated heterocycles. The molecule has 0 aliphatic rings. The van der Waals surface area contributed by atoms with Crippen LogP contribution in [0.15, 0.2) is 47.1 Å². The SMILES string of the molecule is COC(=O)/C=C/CNC(=O)c1coc(COc2ccc(F)cc2)n1. The highest BCUT2D eigenvalue weighted by Crippen LogP contribution is 2.13. The number of hydrogen-bond donors (Lipinski definition) is 1. The van der Waals surface area contributed by atoms with Gasteiger partial charge in [-0.1, -0.05) is 6.08 Å². The predicted octanol–water partition coefficient (Wildman–Crippen LogP) is 1.85. The molecule has 8 heteroatoms. The number of rotatable bonds is 7. The Labute approximate surface area is 137 Å². The summed E-state index contributed by atoms with van der Waals surface area (Å²) in [6.45, 7) is 0.142. The minimum absolute atomic E-state index is 0.00115.